The molecule has 2 atom stereocenters. The van der Waals surface area contributed by atoms with Gasteiger partial charge >= 0.3 is 0 Å². The van der Waals surface area contributed by atoms with Crippen LogP contribution in [-0.4, -0.2) is 61.4 Å². The molecule has 0 aliphatic rings. The molecule has 4 N–H and O–H groups in total. The smallest absolute Gasteiger partial charge is 0.294 e. The van der Waals surface area contributed by atoms with Crippen molar-refractivity contribution in [1.29, 1.82) is 0 Å². The van der Waals surface area contributed by atoms with E-state index in [1.807, 2.05) is 0 Å². The van der Waals surface area contributed by atoms with E-state index in [1.165, 1.54) is 48.5 Å². The van der Waals surface area contributed by atoms with Crippen molar-refractivity contribution in [1.82, 2.24) is 0 Å². The molecule has 0 bridgehead atoms. The third-order valence-electron chi connectivity index (χ3n) is 6.90. The van der Waals surface area contributed by atoms with Crippen molar-refractivity contribution >= 4 is 89.6 Å². The van der Waals surface area contributed by atoms with E-state index >= 15 is 0 Å². The quantitative estimate of drug-likeness (QED) is 0.0649. The van der Waals surface area contributed by atoms with Gasteiger partial charge in [-0.2, -0.15) is 37.3 Å². The van der Waals surface area contributed by atoms with Gasteiger partial charge in [-0.1, -0.05) is 35.3 Å². The van der Waals surface area contributed by atoms with Crippen LogP contribution >= 0.6 is 23.2 Å². The van der Waals surface area contributed by atoms with E-state index in [9.17, 15) is 36.0 Å². The second-order valence-electron chi connectivity index (χ2n) is 10.8. The van der Waals surface area contributed by atoms with Gasteiger partial charge in [0, 0.05) is 11.4 Å². The maximum absolute atomic E-state index is 12.7. The number of amides is 2. The highest BCUT2D eigenvalue weighted by Gasteiger charge is 2.25. The van der Waals surface area contributed by atoms with Gasteiger partial charge in [0.25, 0.3) is 32.1 Å². The van der Waals surface area contributed by atoms with Gasteiger partial charge in [-0.05, 0) is 97.8 Å². The lowest BCUT2D eigenvalue weighted by Gasteiger charge is -2.10. The molecule has 4 rings (SSSR count). The lowest BCUT2D eigenvalue weighted by Crippen LogP contribution is -2.31. The van der Waals surface area contributed by atoms with Gasteiger partial charge in [0.1, 0.15) is 11.4 Å². The Hall–Kier alpha value is -5.24. The number of carbonyl (C=O) groups is 4. The van der Waals surface area contributed by atoms with Gasteiger partial charge in [0.2, 0.25) is 12.1 Å². The maximum Gasteiger partial charge on any atom is 0.294 e. The zero-order valence-corrected chi connectivity index (χ0v) is 29.9. The van der Waals surface area contributed by atoms with Crippen LogP contribution in [0, 0.1) is 0 Å². The Labute approximate surface area is 306 Å². The van der Waals surface area contributed by atoms with Crippen LogP contribution in [0.2, 0.25) is 10.0 Å². The molecule has 2 amide bonds. The fourth-order valence-electron chi connectivity index (χ4n) is 4.25. The molecule has 16 nitrogen and oxygen atoms in total. The zero-order chi connectivity index (χ0) is 38.4. The molecule has 52 heavy (non-hydrogen) atoms. The summed E-state index contributed by atoms with van der Waals surface area (Å²) in [6.07, 6.45) is 0. The van der Waals surface area contributed by atoms with Crippen molar-refractivity contribution < 1.29 is 45.1 Å². The molecule has 0 saturated carbocycles. The lowest BCUT2D eigenvalue weighted by atomic mass is 10.0. The number of azo groups is 2. The summed E-state index contributed by atoms with van der Waals surface area (Å²) in [7, 11) is -8.87. The van der Waals surface area contributed by atoms with Gasteiger partial charge in [0.15, 0.2) is 11.6 Å². The van der Waals surface area contributed by atoms with Crippen LogP contribution < -0.4 is 10.6 Å². The normalized spacial score (nSPS) is 13.1. The molecule has 0 aliphatic carbocycles. The number of carbonyl (C=O) groups excluding carboxylic acids is 4. The predicted octanol–water partition coefficient (Wildman–Crippen LogP) is 6.51. The Balaban J connectivity index is 1.45. The number of nitrogens with zero attached hydrogens (tertiary/aromatic N) is 4. The van der Waals surface area contributed by atoms with Crippen molar-refractivity contribution in [3.05, 3.63) is 95.0 Å². The summed E-state index contributed by atoms with van der Waals surface area (Å²) in [5.41, 5.74) is 1.68. The molecular weight excluding hydrogens is 763 g/mol. The minimum absolute atomic E-state index is 0.104. The molecule has 270 valence electrons. The van der Waals surface area contributed by atoms with Crippen molar-refractivity contribution in [2.45, 2.75) is 35.7 Å². The third kappa shape index (κ3) is 10.4. The fourth-order valence-corrected chi connectivity index (χ4v) is 5.65. The van der Waals surface area contributed by atoms with Crippen molar-refractivity contribution in [2.75, 3.05) is 10.6 Å². The molecule has 0 spiro atoms. The van der Waals surface area contributed by atoms with E-state index in [0.29, 0.717) is 11.1 Å². The molecule has 0 fully saturated rings. The van der Waals surface area contributed by atoms with Crippen molar-refractivity contribution in [2.24, 2.45) is 20.5 Å². The zero-order valence-electron chi connectivity index (χ0n) is 26.8. The number of Topliss-reactive ketones (excluding diaryl/α,β-unsaturated/α-hetero) is 2. The summed E-state index contributed by atoms with van der Waals surface area (Å²) in [6.45, 7) is 2.27. The van der Waals surface area contributed by atoms with E-state index in [-0.39, 0.29) is 42.6 Å². The van der Waals surface area contributed by atoms with Gasteiger partial charge in [-0.25, -0.2) is 0 Å². The van der Waals surface area contributed by atoms with Crippen molar-refractivity contribution in [3.8, 4) is 11.1 Å². The van der Waals surface area contributed by atoms with Crippen LogP contribution in [-0.2, 0) is 39.4 Å². The molecular formula is C32H26Cl2N6O10S2. The summed E-state index contributed by atoms with van der Waals surface area (Å²) in [4.78, 5) is 49.1. The summed E-state index contributed by atoms with van der Waals surface area (Å²) in [5.74, 6) is -2.98. The number of ketones is 2. The second-order valence-corrected chi connectivity index (χ2v) is 14.4. The van der Waals surface area contributed by atoms with Gasteiger partial charge < -0.3 is 10.6 Å². The lowest BCUT2D eigenvalue weighted by molar-refractivity contribution is -0.127. The average Bonchev–Trinajstić information content (AvgIpc) is 3.05. The topological polar surface area (TPSA) is 251 Å². The van der Waals surface area contributed by atoms with Crippen LogP contribution in [0.1, 0.15) is 13.8 Å². The number of hydrogen-bond acceptors (Lipinski definition) is 12. The van der Waals surface area contributed by atoms with Crippen LogP contribution in [0.3, 0.4) is 0 Å². The van der Waals surface area contributed by atoms with Crippen LogP contribution in [0.4, 0.5) is 22.7 Å². The Morgan fingerprint density at radius 1 is 0.577 bits per heavy atom. The monoisotopic (exact) mass is 788 g/mol. The number of halogens is 2. The molecule has 4 aromatic rings. The summed E-state index contributed by atoms with van der Waals surface area (Å²) < 4.78 is 63.1. The fraction of sp³-hybridized carbons (Fsp3) is 0.125. The van der Waals surface area contributed by atoms with E-state index in [0.717, 1.165) is 38.1 Å². The summed E-state index contributed by atoms with van der Waals surface area (Å²) >= 11 is 12.8. The SMILES string of the molecule is CC(=O)C(N=Nc1ccc(-c2ccc(N=NC(C(C)=O)C(=O)Nc3ccc(S(=O)(=O)O)cc3)c(Cl)c2)cc1Cl)C(=O)Nc1ccc(S(=O)(=O)O)cc1. The first-order valence-electron chi connectivity index (χ1n) is 14.5. The van der Waals surface area contributed by atoms with Gasteiger partial charge in [-0.15, -0.1) is 0 Å². The number of benzene rings is 4. The largest absolute Gasteiger partial charge is 0.324 e. The van der Waals surface area contributed by atoms with Gasteiger partial charge in [0.05, 0.1) is 19.8 Å². The minimum Gasteiger partial charge on any atom is -0.324 e. The first-order chi connectivity index (χ1) is 24.3. The second kappa shape index (κ2) is 16.4. The Bertz CT molecular complexity index is 2170. The maximum atomic E-state index is 12.7. The van der Waals surface area contributed by atoms with Crippen LogP contribution in [0.15, 0.2) is 115 Å². The van der Waals surface area contributed by atoms with Crippen LogP contribution in [0.25, 0.3) is 11.1 Å². The number of nitrogens with one attached hydrogen (secondary N) is 2. The molecule has 20 heteroatoms. The molecule has 4 aromatic carbocycles. The van der Waals surface area contributed by atoms with Crippen molar-refractivity contribution in [3.63, 3.8) is 0 Å². The minimum atomic E-state index is -4.44. The number of anilines is 2. The average molecular weight is 790 g/mol. The van der Waals surface area contributed by atoms with E-state index in [4.69, 9.17) is 32.3 Å². The highest BCUT2D eigenvalue weighted by molar-refractivity contribution is 7.86. The Morgan fingerprint density at radius 3 is 1.17 bits per heavy atom. The summed E-state index contributed by atoms with van der Waals surface area (Å²) in [5, 5.41) is 20.7. The van der Waals surface area contributed by atoms with E-state index in [1.54, 1.807) is 12.1 Å². The molecule has 0 aromatic heterocycles. The standard InChI is InChI=1S/C32H26Cl2N6O10S2/c1-17(41)29(31(43)35-21-5-9-23(10-6-21)51(45,46)47)39-37-27-13-3-19(15-25(27)33)20-4-14-28(26(34)16-20)38-40-30(18(2)42)32(44)36-22-7-11-24(12-8-22)52(48,49)50/h3-16,29-30H,1-2H3,(H,35,43)(H,36,44)(H,45,46,47)(H,48,49,50). The number of hydrogen-bond donors (Lipinski definition) is 4. The Morgan fingerprint density at radius 2 is 0.904 bits per heavy atom. The first-order valence-corrected chi connectivity index (χ1v) is 18.2. The molecule has 0 saturated heterocycles. The van der Waals surface area contributed by atoms with Crippen LogP contribution in [0.5, 0.6) is 0 Å². The molecule has 0 heterocycles. The highest BCUT2D eigenvalue weighted by atomic mass is 35.5. The third-order valence-corrected chi connectivity index (χ3v) is 9.24. The van der Waals surface area contributed by atoms with Gasteiger partial charge in [-0.3, -0.25) is 28.3 Å². The first kappa shape index (κ1) is 39.5. The molecule has 0 aliphatic heterocycles. The summed E-state index contributed by atoms with van der Waals surface area (Å²) in [6, 6.07) is 15.3. The Kier molecular flexibility index (Phi) is 12.5. The van der Waals surface area contributed by atoms with E-state index < -0.39 is 55.7 Å². The molecule has 0 radical (unpaired) electrons. The van der Waals surface area contributed by atoms with E-state index in [2.05, 4.69) is 31.1 Å². The molecule has 2 unspecified atom stereocenters. The number of rotatable bonds is 13. The highest BCUT2D eigenvalue weighted by Crippen LogP contribution is 2.35. The predicted molar refractivity (Wildman–Crippen MR) is 190 cm³/mol.